The highest BCUT2D eigenvalue weighted by Gasteiger charge is 1.81. The second kappa shape index (κ2) is 15.8. The highest BCUT2D eigenvalue weighted by molar-refractivity contribution is 5.65. The zero-order chi connectivity index (χ0) is 7.70. The molecule has 0 heterocycles. The summed E-state index contributed by atoms with van der Waals surface area (Å²) in [5.74, 6) is -0.211. The van der Waals surface area contributed by atoms with Gasteiger partial charge in [0.15, 0.2) is 0 Å². The highest BCUT2D eigenvalue weighted by atomic mass is 16.5. The van der Waals surface area contributed by atoms with Crippen LogP contribution in [0.25, 0.3) is 0 Å². The number of hydrogen-bond acceptors (Lipinski definition) is 4. The van der Waals surface area contributed by atoms with Crippen LogP contribution in [0, 0.1) is 0 Å². The van der Waals surface area contributed by atoms with Gasteiger partial charge >= 0.3 is 5.97 Å². The van der Waals surface area contributed by atoms with E-state index in [0.717, 1.165) is 0 Å². The Kier molecular flexibility index (Phi) is 25.5. The summed E-state index contributed by atoms with van der Waals surface area (Å²) in [6.07, 6.45) is 0. The summed E-state index contributed by atoms with van der Waals surface area (Å²) in [5.41, 5.74) is 0. The van der Waals surface area contributed by atoms with Gasteiger partial charge in [-0.3, -0.25) is 4.79 Å². The van der Waals surface area contributed by atoms with Gasteiger partial charge in [-0.25, -0.2) is 0 Å². The third-order valence-corrected chi connectivity index (χ3v) is 0.348. The quantitative estimate of drug-likeness (QED) is 0.541. The van der Waals surface area contributed by atoms with Gasteiger partial charge in [0.25, 0.3) is 0 Å². The summed E-state index contributed by atoms with van der Waals surface area (Å²) in [4.78, 5) is 9.82. The maximum Gasteiger partial charge on any atom is 0.302 e. The average Bonchev–Trinajstić information content (AvgIpc) is 1.67. The van der Waals surface area contributed by atoms with E-state index < -0.39 is 0 Å². The Morgan fingerprint density at radius 3 is 1.80 bits per heavy atom. The first-order valence-electron chi connectivity index (χ1n) is 2.93. The summed E-state index contributed by atoms with van der Waals surface area (Å²) in [5, 5.41) is 7.57. The van der Waals surface area contributed by atoms with Gasteiger partial charge in [0.05, 0.1) is 6.61 Å². The summed E-state index contributed by atoms with van der Waals surface area (Å²) < 4.78 is 4.40. The number of aliphatic hydroxyl groups is 1. The van der Waals surface area contributed by atoms with Crippen LogP contribution in [0.1, 0.15) is 20.8 Å². The maximum absolute atomic E-state index is 9.82. The molecule has 0 aliphatic heterocycles. The van der Waals surface area contributed by atoms with E-state index in [4.69, 9.17) is 5.11 Å². The number of rotatable bonds is 1. The van der Waals surface area contributed by atoms with Gasteiger partial charge in [-0.15, -0.1) is 0 Å². The predicted octanol–water partition coefficient (Wildman–Crippen LogP) is 0.730. The van der Waals surface area contributed by atoms with Crippen molar-refractivity contribution >= 4 is 5.97 Å². The van der Waals surface area contributed by atoms with Crippen LogP contribution in [-0.4, -0.2) is 24.3 Å². The molecule has 0 aliphatic rings. The third kappa shape index (κ3) is 52.8. The van der Waals surface area contributed by atoms with Crippen LogP contribution in [0.3, 0.4) is 0 Å². The van der Waals surface area contributed by atoms with Crippen molar-refractivity contribution in [1.29, 1.82) is 0 Å². The van der Waals surface area contributed by atoms with Crippen molar-refractivity contribution in [3.05, 3.63) is 0 Å². The zero-order valence-corrected chi connectivity index (χ0v) is 6.89. The summed E-state index contributed by atoms with van der Waals surface area (Å²) >= 11 is 0. The molecular weight excluding hydrogens is 134 g/mol. The van der Waals surface area contributed by atoms with Crippen molar-refractivity contribution in [2.45, 2.75) is 20.8 Å². The lowest BCUT2D eigenvalue weighted by molar-refractivity contribution is -0.140. The van der Waals surface area contributed by atoms with Gasteiger partial charge in [-0.05, 0) is 13.8 Å². The van der Waals surface area contributed by atoms with E-state index in [1.165, 1.54) is 6.92 Å². The first kappa shape index (κ1) is 16.2. The second-order valence-electron chi connectivity index (χ2n) is 1.24. The third-order valence-electron chi connectivity index (χ3n) is 0.348. The van der Waals surface area contributed by atoms with Crippen molar-refractivity contribution in [2.75, 3.05) is 13.2 Å². The molecule has 4 N–H and O–H groups in total. The maximum atomic E-state index is 9.82. The fraction of sp³-hybridized carbons (Fsp3) is 0.833. The zero-order valence-electron chi connectivity index (χ0n) is 6.89. The average molecular weight is 151 g/mol. The monoisotopic (exact) mass is 151 g/mol. The molecule has 0 amide bonds. The first-order valence-corrected chi connectivity index (χ1v) is 2.93. The number of ether oxygens (including phenoxy) is 1. The van der Waals surface area contributed by atoms with Crippen molar-refractivity contribution in [3.63, 3.8) is 0 Å². The van der Waals surface area contributed by atoms with Crippen molar-refractivity contribution < 1.29 is 14.6 Å². The van der Waals surface area contributed by atoms with Crippen LogP contribution in [0.5, 0.6) is 0 Å². The molecule has 0 atom stereocenters. The lowest BCUT2D eigenvalue weighted by atomic mass is 10.8. The predicted molar refractivity (Wildman–Crippen MR) is 40.1 cm³/mol. The number of carbonyl (C=O) groups excluding carboxylic acids is 1. The Labute approximate surface area is 61.8 Å². The Bertz CT molecular complexity index is 66.0. The van der Waals surface area contributed by atoms with Gasteiger partial charge < -0.3 is 16.0 Å². The summed E-state index contributed by atoms with van der Waals surface area (Å²) in [6.45, 7) is 5.58. The van der Waals surface area contributed by atoms with E-state index in [0.29, 0.717) is 6.61 Å². The van der Waals surface area contributed by atoms with E-state index in [-0.39, 0.29) is 18.7 Å². The Morgan fingerprint density at radius 1 is 1.50 bits per heavy atom. The molecule has 0 saturated heterocycles. The molecule has 10 heavy (non-hydrogen) atoms. The molecule has 64 valence electrons. The Hall–Kier alpha value is -0.610. The lowest BCUT2D eigenvalue weighted by Gasteiger charge is -1.89. The molecule has 0 aliphatic carbocycles. The number of carbonyl (C=O) groups is 1. The molecule has 0 spiro atoms. The van der Waals surface area contributed by atoms with Crippen molar-refractivity contribution in [1.82, 2.24) is 6.15 Å². The SMILES string of the molecule is CCO.CCOC(C)=O.N. The minimum absolute atomic E-state index is 0. The van der Waals surface area contributed by atoms with Crippen LogP contribution >= 0.6 is 0 Å². The molecule has 0 aromatic carbocycles. The number of hydrogen-bond donors (Lipinski definition) is 2. The van der Waals surface area contributed by atoms with E-state index in [9.17, 15) is 4.79 Å². The molecule has 0 aromatic heterocycles. The lowest BCUT2D eigenvalue weighted by Crippen LogP contribution is -1.95. The van der Waals surface area contributed by atoms with Crippen molar-refractivity contribution in [2.24, 2.45) is 0 Å². The number of aliphatic hydroxyl groups excluding tert-OH is 1. The molecule has 0 rings (SSSR count). The fourth-order valence-electron chi connectivity index (χ4n) is 0.203. The molecule has 4 heteroatoms. The molecule has 0 unspecified atom stereocenters. The van der Waals surface area contributed by atoms with Crippen molar-refractivity contribution in [3.8, 4) is 0 Å². The van der Waals surface area contributed by atoms with E-state index in [1.54, 1.807) is 13.8 Å². The topological polar surface area (TPSA) is 81.5 Å². The van der Waals surface area contributed by atoms with E-state index >= 15 is 0 Å². The van der Waals surface area contributed by atoms with E-state index in [1.807, 2.05) is 0 Å². The highest BCUT2D eigenvalue weighted by Crippen LogP contribution is 1.69. The molecule has 0 fully saturated rings. The Balaban J connectivity index is -0.000000107. The van der Waals surface area contributed by atoms with Crippen LogP contribution < -0.4 is 6.15 Å². The standard InChI is InChI=1S/C4H8O2.C2H6O.H3N/c1-3-6-4(2)5;1-2-3;/h3H2,1-2H3;3H,2H2,1H3;1H3. The summed E-state index contributed by atoms with van der Waals surface area (Å²) in [7, 11) is 0. The molecule has 0 bridgehead atoms. The molecular formula is C6H17NO3. The second-order valence-corrected chi connectivity index (χ2v) is 1.24. The molecule has 0 saturated carbocycles. The minimum atomic E-state index is -0.211. The Morgan fingerprint density at radius 2 is 1.80 bits per heavy atom. The van der Waals surface area contributed by atoms with Crippen LogP contribution in [0.2, 0.25) is 0 Å². The largest absolute Gasteiger partial charge is 0.466 e. The summed E-state index contributed by atoms with van der Waals surface area (Å²) in [6, 6.07) is 0. The number of esters is 1. The van der Waals surface area contributed by atoms with Crippen LogP contribution in [0.4, 0.5) is 0 Å². The molecule has 0 aromatic rings. The van der Waals surface area contributed by atoms with Gasteiger partial charge in [-0.2, -0.15) is 0 Å². The van der Waals surface area contributed by atoms with Crippen LogP contribution in [0.15, 0.2) is 0 Å². The smallest absolute Gasteiger partial charge is 0.302 e. The normalized spacial score (nSPS) is 6.40. The molecule has 4 nitrogen and oxygen atoms in total. The van der Waals surface area contributed by atoms with Crippen LogP contribution in [-0.2, 0) is 9.53 Å². The first-order chi connectivity index (χ1) is 4.18. The minimum Gasteiger partial charge on any atom is -0.466 e. The van der Waals surface area contributed by atoms with Gasteiger partial charge in [0.2, 0.25) is 0 Å². The van der Waals surface area contributed by atoms with Gasteiger partial charge in [0.1, 0.15) is 0 Å². The van der Waals surface area contributed by atoms with Gasteiger partial charge in [0, 0.05) is 13.5 Å². The van der Waals surface area contributed by atoms with Gasteiger partial charge in [-0.1, -0.05) is 0 Å². The van der Waals surface area contributed by atoms with E-state index in [2.05, 4.69) is 4.74 Å². The fourth-order valence-corrected chi connectivity index (χ4v) is 0.203. The molecule has 0 radical (unpaired) electrons.